The second-order valence-corrected chi connectivity index (χ2v) is 8.22. The number of likely N-dealkylation sites (tertiary alicyclic amines) is 1. The molecular formula is C20H28N4O. The Balaban J connectivity index is 1.63. The van der Waals surface area contributed by atoms with E-state index in [1.54, 1.807) is 0 Å². The third-order valence-corrected chi connectivity index (χ3v) is 6.79. The van der Waals surface area contributed by atoms with Crippen molar-refractivity contribution >= 4 is 11.0 Å². The van der Waals surface area contributed by atoms with Crippen LogP contribution in [-0.4, -0.2) is 38.4 Å². The maximum Gasteiger partial charge on any atom is 0.255 e. The number of hydrogen-bond donors (Lipinski definition) is 0. The van der Waals surface area contributed by atoms with Crippen LogP contribution in [0, 0.1) is 0 Å². The van der Waals surface area contributed by atoms with Gasteiger partial charge in [-0.15, -0.1) is 0 Å². The molecular weight excluding hydrogens is 312 g/mol. The third-order valence-electron chi connectivity index (χ3n) is 6.79. The predicted molar refractivity (Wildman–Crippen MR) is 99.1 cm³/mol. The molecule has 2 aromatic heterocycles. The molecule has 1 saturated carbocycles. The number of piperidine rings is 1. The summed E-state index contributed by atoms with van der Waals surface area (Å²) in [5.41, 5.74) is 3.67. The van der Waals surface area contributed by atoms with Crippen LogP contribution in [0.2, 0.25) is 0 Å². The van der Waals surface area contributed by atoms with Gasteiger partial charge in [-0.05, 0) is 63.5 Å². The van der Waals surface area contributed by atoms with Gasteiger partial charge in [-0.3, -0.25) is 18.9 Å². The minimum Gasteiger partial charge on any atom is -0.298 e. The molecule has 25 heavy (non-hydrogen) atoms. The highest BCUT2D eigenvalue weighted by atomic mass is 16.1. The standard InChI is InChI=1S/C20H28N4O/c1-22-19-18(12-21-22)16-9-2-3-10-17(16)20(25)24(19)15-8-5-11-23(13-15)14-6-4-7-14/h12,14-15H,2-11,13H2,1H3. The van der Waals surface area contributed by atoms with Crippen molar-refractivity contribution in [3.05, 3.63) is 27.7 Å². The summed E-state index contributed by atoms with van der Waals surface area (Å²) in [4.78, 5) is 16.1. The third kappa shape index (κ3) is 2.39. The predicted octanol–water partition coefficient (Wildman–Crippen LogP) is 2.80. The van der Waals surface area contributed by atoms with Crippen LogP contribution in [0.5, 0.6) is 0 Å². The van der Waals surface area contributed by atoms with E-state index < -0.39 is 0 Å². The summed E-state index contributed by atoms with van der Waals surface area (Å²) < 4.78 is 4.05. The van der Waals surface area contributed by atoms with Crippen molar-refractivity contribution in [3.8, 4) is 0 Å². The number of pyridine rings is 1. The van der Waals surface area contributed by atoms with Crippen molar-refractivity contribution in [2.75, 3.05) is 13.1 Å². The lowest BCUT2D eigenvalue weighted by atomic mass is 9.88. The van der Waals surface area contributed by atoms with Crippen molar-refractivity contribution in [1.29, 1.82) is 0 Å². The largest absolute Gasteiger partial charge is 0.298 e. The second kappa shape index (κ2) is 5.97. The topological polar surface area (TPSA) is 43.1 Å². The molecule has 2 aliphatic carbocycles. The first-order valence-corrected chi connectivity index (χ1v) is 10.1. The fraction of sp³-hybridized carbons (Fsp3) is 0.700. The zero-order valence-electron chi connectivity index (χ0n) is 15.2. The molecule has 5 heteroatoms. The van der Waals surface area contributed by atoms with Gasteiger partial charge in [0.05, 0.1) is 12.2 Å². The number of hydrogen-bond acceptors (Lipinski definition) is 3. The lowest BCUT2D eigenvalue weighted by Gasteiger charge is -2.43. The molecule has 5 nitrogen and oxygen atoms in total. The normalized spacial score (nSPS) is 25.1. The highest BCUT2D eigenvalue weighted by Crippen LogP contribution is 2.33. The van der Waals surface area contributed by atoms with Crippen molar-refractivity contribution in [3.63, 3.8) is 0 Å². The van der Waals surface area contributed by atoms with E-state index in [0.29, 0.717) is 6.04 Å². The molecule has 1 unspecified atom stereocenters. The van der Waals surface area contributed by atoms with Crippen molar-refractivity contribution in [1.82, 2.24) is 19.2 Å². The van der Waals surface area contributed by atoms with E-state index in [4.69, 9.17) is 0 Å². The quantitative estimate of drug-likeness (QED) is 0.844. The Kier molecular flexibility index (Phi) is 3.73. The molecule has 2 aromatic rings. The maximum absolute atomic E-state index is 13.4. The average molecular weight is 340 g/mol. The van der Waals surface area contributed by atoms with Crippen molar-refractivity contribution in [2.45, 2.75) is 69.9 Å². The van der Waals surface area contributed by atoms with Gasteiger partial charge in [0.25, 0.3) is 5.56 Å². The summed E-state index contributed by atoms with van der Waals surface area (Å²) in [6, 6.07) is 1.06. The van der Waals surface area contributed by atoms with E-state index in [9.17, 15) is 4.79 Å². The number of rotatable bonds is 2. The van der Waals surface area contributed by atoms with Gasteiger partial charge in [0, 0.05) is 30.6 Å². The summed E-state index contributed by atoms with van der Waals surface area (Å²) in [6.45, 7) is 2.24. The lowest BCUT2D eigenvalue weighted by Crippen LogP contribution is -2.48. The average Bonchev–Trinajstić information content (AvgIpc) is 2.96. The summed E-state index contributed by atoms with van der Waals surface area (Å²) in [7, 11) is 1.99. The van der Waals surface area contributed by atoms with E-state index in [1.165, 1.54) is 49.6 Å². The zero-order valence-corrected chi connectivity index (χ0v) is 15.2. The maximum atomic E-state index is 13.4. The van der Waals surface area contributed by atoms with E-state index in [0.717, 1.165) is 49.5 Å². The van der Waals surface area contributed by atoms with Crippen LogP contribution < -0.4 is 5.56 Å². The molecule has 134 valence electrons. The number of aryl methyl sites for hydroxylation is 2. The zero-order chi connectivity index (χ0) is 17.0. The summed E-state index contributed by atoms with van der Waals surface area (Å²) in [5.74, 6) is 0. The van der Waals surface area contributed by atoms with Gasteiger partial charge < -0.3 is 0 Å². The van der Waals surface area contributed by atoms with Crippen LogP contribution in [0.4, 0.5) is 0 Å². The Labute approximate surface area is 148 Å². The molecule has 0 bridgehead atoms. The van der Waals surface area contributed by atoms with Crippen molar-refractivity contribution in [2.24, 2.45) is 7.05 Å². The highest BCUT2D eigenvalue weighted by molar-refractivity contribution is 5.80. The molecule has 0 aromatic carbocycles. The van der Waals surface area contributed by atoms with E-state index in [1.807, 2.05) is 17.9 Å². The molecule has 0 amide bonds. The number of fused-ring (bicyclic) bond motifs is 3. The van der Waals surface area contributed by atoms with Gasteiger partial charge in [-0.2, -0.15) is 5.10 Å². The van der Waals surface area contributed by atoms with Gasteiger partial charge in [0.1, 0.15) is 5.65 Å². The molecule has 1 aliphatic heterocycles. The van der Waals surface area contributed by atoms with Crippen LogP contribution >= 0.6 is 0 Å². The molecule has 2 fully saturated rings. The molecule has 3 heterocycles. The molecule has 1 saturated heterocycles. The summed E-state index contributed by atoms with van der Waals surface area (Å²) in [6.07, 6.45) is 12.7. The Bertz CT molecular complexity index is 861. The number of aromatic nitrogens is 3. The Morgan fingerprint density at radius 2 is 1.76 bits per heavy atom. The van der Waals surface area contributed by atoms with Crippen LogP contribution in [-0.2, 0) is 19.9 Å². The first-order chi connectivity index (χ1) is 12.2. The van der Waals surface area contributed by atoms with E-state index in [2.05, 4.69) is 14.6 Å². The summed E-state index contributed by atoms with van der Waals surface area (Å²) in [5, 5.41) is 5.75. The van der Waals surface area contributed by atoms with Crippen LogP contribution in [0.25, 0.3) is 11.0 Å². The fourth-order valence-electron chi connectivity index (χ4n) is 5.23. The Morgan fingerprint density at radius 3 is 2.52 bits per heavy atom. The van der Waals surface area contributed by atoms with E-state index >= 15 is 0 Å². The van der Waals surface area contributed by atoms with E-state index in [-0.39, 0.29) is 5.56 Å². The molecule has 1 atom stereocenters. The van der Waals surface area contributed by atoms with Gasteiger partial charge in [0.15, 0.2) is 0 Å². The first-order valence-electron chi connectivity index (χ1n) is 10.1. The van der Waals surface area contributed by atoms with Gasteiger partial charge >= 0.3 is 0 Å². The molecule has 5 rings (SSSR count). The molecule has 0 radical (unpaired) electrons. The monoisotopic (exact) mass is 340 g/mol. The SMILES string of the molecule is Cn1ncc2c3c(c(=O)n(C4CCCN(C5CCC5)C4)c21)CCCC3. The first kappa shape index (κ1) is 15.6. The second-order valence-electron chi connectivity index (χ2n) is 8.22. The van der Waals surface area contributed by atoms with Gasteiger partial charge in [0.2, 0.25) is 0 Å². The molecule has 0 spiro atoms. The van der Waals surface area contributed by atoms with Crippen LogP contribution in [0.1, 0.15) is 62.1 Å². The van der Waals surface area contributed by atoms with Crippen molar-refractivity contribution < 1.29 is 0 Å². The van der Waals surface area contributed by atoms with Crippen LogP contribution in [0.3, 0.4) is 0 Å². The minimum absolute atomic E-state index is 0.270. The smallest absolute Gasteiger partial charge is 0.255 e. The Hall–Kier alpha value is -1.62. The molecule has 0 N–H and O–H groups in total. The molecule has 3 aliphatic rings. The minimum atomic E-state index is 0.270. The number of nitrogens with zero attached hydrogens (tertiary/aromatic N) is 4. The summed E-state index contributed by atoms with van der Waals surface area (Å²) >= 11 is 0. The van der Waals surface area contributed by atoms with Crippen LogP contribution in [0.15, 0.2) is 11.0 Å². The Morgan fingerprint density at radius 1 is 1.00 bits per heavy atom. The highest BCUT2D eigenvalue weighted by Gasteiger charge is 2.32. The lowest BCUT2D eigenvalue weighted by molar-refractivity contribution is 0.0796. The van der Waals surface area contributed by atoms with Gasteiger partial charge in [-0.25, -0.2) is 0 Å². The van der Waals surface area contributed by atoms with Gasteiger partial charge in [-0.1, -0.05) is 6.42 Å². The fourth-order valence-corrected chi connectivity index (χ4v) is 5.23.